The first-order chi connectivity index (χ1) is 15.4. The van der Waals surface area contributed by atoms with Crippen molar-refractivity contribution >= 4 is 5.78 Å². The van der Waals surface area contributed by atoms with Crippen molar-refractivity contribution < 1.29 is 34.7 Å². The van der Waals surface area contributed by atoms with Gasteiger partial charge in [0.1, 0.15) is 40.4 Å². The number of hydrogen-bond donors (Lipinski definition) is 4. The minimum absolute atomic E-state index is 0.0120. The van der Waals surface area contributed by atoms with Gasteiger partial charge in [-0.2, -0.15) is 0 Å². The molecule has 0 unspecified atom stereocenters. The monoisotopic (exact) mass is 436 g/mol. The zero-order valence-electron chi connectivity index (χ0n) is 17.5. The number of rotatable bonds is 6. The molecule has 1 aliphatic heterocycles. The number of methoxy groups -OCH3 is 1. The van der Waals surface area contributed by atoms with Crippen LogP contribution in [0.5, 0.6) is 28.7 Å². The quantitative estimate of drug-likeness (QED) is 0.436. The zero-order chi connectivity index (χ0) is 22.8. The molecule has 0 bridgehead atoms. The van der Waals surface area contributed by atoms with Gasteiger partial charge in [-0.1, -0.05) is 24.3 Å². The van der Waals surface area contributed by atoms with Crippen molar-refractivity contribution in [2.75, 3.05) is 7.11 Å². The molecule has 3 aromatic carbocycles. The summed E-state index contributed by atoms with van der Waals surface area (Å²) in [5.41, 5.74) is 1.80. The minimum Gasteiger partial charge on any atom is -0.508 e. The van der Waals surface area contributed by atoms with Crippen molar-refractivity contribution in [1.82, 2.24) is 0 Å². The molecule has 4 rings (SSSR count). The van der Waals surface area contributed by atoms with Gasteiger partial charge >= 0.3 is 0 Å². The Hall–Kier alpha value is -3.71. The van der Waals surface area contributed by atoms with E-state index in [1.807, 2.05) is 24.3 Å². The van der Waals surface area contributed by atoms with E-state index in [1.165, 1.54) is 12.1 Å². The minimum atomic E-state index is -0.982. The van der Waals surface area contributed by atoms with Crippen LogP contribution in [0.1, 0.15) is 39.6 Å². The lowest BCUT2D eigenvalue weighted by molar-refractivity contribution is 0.0190. The Balaban J connectivity index is 1.62. The molecule has 3 aromatic rings. The molecule has 0 saturated heterocycles. The largest absolute Gasteiger partial charge is 0.508 e. The van der Waals surface area contributed by atoms with Gasteiger partial charge in [-0.15, -0.1) is 0 Å². The molecule has 0 radical (unpaired) electrons. The Kier molecular flexibility index (Phi) is 5.92. The highest BCUT2D eigenvalue weighted by Crippen LogP contribution is 2.46. The third-order valence-corrected chi connectivity index (χ3v) is 5.65. The van der Waals surface area contributed by atoms with Crippen molar-refractivity contribution in [3.05, 3.63) is 76.9 Å². The number of aryl methyl sites for hydroxylation is 1. The fourth-order valence-electron chi connectivity index (χ4n) is 3.92. The number of benzene rings is 3. The number of aliphatic hydroxyl groups is 1. The van der Waals surface area contributed by atoms with Crippen molar-refractivity contribution in [3.63, 3.8) is 0 Å². The highest BCUT2D eigenvalue weighted by atomic mass is 16.5. The molecule has 166 valence electrons. The molecule has 7 nitrogen and oxygen atoms in total. The number of hydrogen-bond acceptors (Lipinski definition) is 7. The third kappa shape index (κ3) is 4.20. The van der Waals surface area contributed by atoms with Crippen LogP contribution in [0.2, 0.25) is 0 Å². The average molecular weight is 436 g/mol. The number of ether oxygens (including phenoxy) is 2. The van der Waals surface area contributed by atoms with Crippen molar-refractivity contribution in [1.29, 1.82) is 0 Å². The Morgan fingerprint density at radius 3 is 2.38 bits per heavy atom. The van der Waals surface area contributed by atoms with Crippen LogP contribution in [0.15, 0.2) is 54.6 Å². The second-order valence-electron chi connectivity index (χ2n) is 7.77. The number of phenols is 3. The topological polar surface area (TPSA) is 116 Å². The number of aliphatic hydroxyl groups excluding tert-OH is 1. The van der Waals surface area contributed by atoms with Gasteiger partial charge in [0.15, 0.2) is 5.78 Å². The number of phenolic OH excluding ortho intramolecular Hbond substituents is 3. The van der Waals surface area contributed by atoms with Gasteiger partial charge < -0.3 is 29.9 Å². The van der Waals surface area contributed by atoms with Crippen LogP contribution < -0.4 is 9.47 Å². The number of aromatic hydroxyl groups is 3. The molecule has 0 aromatic heterocycles. The summed E-state index contributed by atoms with van der Waals surface area (Å²) in [7, 11) is 1.58. The predicted molar refractivity (Wildman–Crippen MR) is 117 cm³/mol. The summed E-state index contributed by atoms with van der Waals surface area (Å²) < 4.78 is 11.1. The summed E-state index contributed by atoms with van der Waals surface area (Å²) in [5, 5.41) is 40.9. The summed E-state index contributed by atoms with van der Waals surface area (Å²) in [4.78, 5) is 13.1. The van der Waals surface area contributed by atoms with Crippen molar-refractivity contribution in [2.45, 2.75) is 31.5 Å². The number of ketones is 1. The van der Waals surface area contributed by atoms with E-state index in [-0.39, 0.29) is 52.7 Å². The van der Waals surface area contributed by atoms with Crippen LogP contribution in [0.4, 0.5) is 0 Å². The van der Waals surface area contributed by atoms with Gasteiger partial charge in [0.25, 0.3) is 0 Å². The van der Waals surface area contributed by atoms with Crippen molar-refractivity contribution in [2.24, 2.45) is 0 Å². The first-order valence-corrected chi connectivity index (χ1v) is 10.2. The van der Waals surface area contributed by atoms with Gasteiger partial charge in [-0.05, 0) is 41.8 Å². The highest BCUT2D eigenvalue weighted by Gasteiger charge is 2.35. The smallest absolute Gasteiger partial charge is 0.170 e. The van der Waals surface area contributed by atoms with Crippen LogP contribution in [0.3, 0.4) is 0 Å². The van der Waals surface area contributed by atoms with E-state index in [2.05, 4.69) is 0 Å². The fraction of sp³-hybridized carbons (Fsp3) is 0.240. The Morgan fingerprint density at radius 1 is 1.03 bits per heavy atom. The Labute approximate surface area is 185 Å². The molecule has 0 saturated carbocycles. The average Bonchev–Trinajstić information content (AvgIpc) is 2.79. The number of Topliss-reactive ketones (excluding diaryl/α,β-unsaturated/α-hetero) is 1. The van der Waals surface area contributed by atoms with E-state index in [1.54, 1.807) is 19.2 Å². The number of carbonyl (C=O) groups is 1. The van der Waals surface area contributed by atoms with Crippen LogP contribution in [0.25, 0.3) is 0 Å². The second-order valence-corrected chi connectivity index (χ2v) is 7.77. The van der Waals surface area contributed by atoms with Gasteiger partial charge in [-0.3, -0.25) is 4.79 Å². The molecule has 0 aliphatic carbocycles. The second kappa shape index (κ2) is 8.80. The van der Waals surface area contributed by atoms with E-state index in [0.29, 0.717) is 12.0 Å². The normalized spacial score (nSPS) is 17.3. The van der Waals surface area contributed by atoms with E-state index in [4.69, 9.17) is 9.47 Å². The maximum Gasteiger partial charge on any atom is 0.170 e. The predicted octanol–water partition coefficient (Wildman–Crippen LogP) is 3.66. The SMILES string of the molecule is COc1ccc(CCC(=O)c2c(O)cc(O)c3c2O[C@H](c2ccc(O)cc2)[C@@H](O)C3)cc1. The summed E-state index contributed by atoms with van der Waals surface area (Å²) in [6.45, 7) is 0. The summed E-state index contributed by atoms with van der Waals surface area (Å²) in [6, 6.07) is 14.6. The van der Waals surface area contributed by atoms with Gasteiger partial charge in [-0.25, -0.2) is 0 Å². The molecule has 7 heteroatoms. The summed E-state index contributed by atoms with van der Waals surface area (Å²) in [5.74, 6) is -0.0862. The Bertz CT molecular complexity index is 1120. The molecule has 0 amide bonds. The van der Waals surface area contributed by atoms with E-state index in [0.717, 1.165) is 17.4 Å². The number of carbonyl (C=O) groups excluding carboxylic acids is 1. The van der Waals surface area contributed by atoms with E-state index < -0.39 is 12.2 Å². The molecule has 2 atom stereocenters. The fourth-order valence-corrected chi connectivity index (χ4v) is 3.92. The Morgan fingerprint density at radius 2 is 1.72 bits per heavy atom. The molecule has 0 spiro atoms. The van der Waals surface area contributed by atoms with Gasteiger partial charge in [0.2, 0.25) is 0 Å². The molecule has 32 heavy (non-hydrogen) atoms. The lowest BCUT2D eigenvalue weighted by atomic mass is 9.90. The zero-order valence-corrected chi connectivity index (χ0v) is 17.5. The van der Waals surface area contributed by atoms with Crippen molar-refractivity contribution in [3.8, 4) is 28.7 Å². The third-order valence-electron chi connectivity index (χ3n) is 5.65. The van der Waals surface area contributed by atoms with E-state index in [9.17, 15) is 25.2 Å². The number of fused-ring (bicyclic) bond motifs is 1. The first kappa shape index (κ1) is 21.5. The first-order valence-electron chi connectivity index (χ1n) is 10.2. The molecule has 4 N–H and O–H groups in total. The van der Waals surface area contributed by atoms with Crippen LogP contribution in [-0.4, -0.2) is 39.4 Å². The van der Waals surface area contributed by atoms with E-state index >= 15 is 0 Å². The van der Waals surface area contributed by atoms with Crippen LogP contribution >= 0.6 is 0 Å². The van der Waals surface area contributed by atoms with Crippen LogP contribution in [-0.2, 0) is 12.8 Å². The molecule has 0 fully saturated rings. The summed E-state index contributed by atoms with van der Waals surface area (Å²) >= 11 is 0. The molecule has 1 aliphatic rings. The van der Waals surface area contributed by atoms with Gasteiger partial charge in [0.05, 0.1) is 13.2 Å². The summed E-state index contributed by atoms with van der Waals surface area (Å²) in [6.07, 6.45) is -1.19. The lowest BCUT2D eigenvalue weighted by Crippen LogP contribution is -2.31. The lowest BCUT2D eigenvalue weighted by Gasteiger charge is -2.32. The highest BCUT2D eigenvalue weighted by molar-refractivity contribution is 6.02. The molecule has 1 heterocycles. The van der Waals surface area contributed by atoms with Crippen LogP contribution in [0, 0.1) is 0 Å². The maximum atomic E-state index is 13.1. The van der Waals surface area contributed by atoms with Gasteiger partial charge in [0, 0.05) is 24.5 Å². The molecular weight excluding hydrogens is 412 g/mol. The molecular formula is C25H24O7. The maximum absolute atomic E-state index is 13.1. The standard InChI is InChI=1S/C25H24O7/c1-31-17-9-2-14(3-10-17)4-11-19(27)23-21(29)13-20(28)18-12-22(30)24(32-25(18)23)15-5-7-16(26)8-6-15/h2-3,5-10,13,22,24,26,28-30H,4,11-12H2,1H3/t22-,24+/m0/s1.